The molecule has 1 aromatic carbocycles. The van der Waals surface area contributed by atoms with E-state index in [-0.39, 0.29) is 27.9 Å². The van der Waals surface area contributed by atoms with Gasteiger partial charge in [-0.15, -0.1) is 10.2 Å². The number of carboxylic acids is 1. The lowest BCUT2D eigenvalue weighted by molar-refractivity contribution is -0.113. The predicted octanol–water partition coefficient (Wildman–Crippen LogP) is 1.90. The number of carbonyl (C=O) groups is 2. The highest BCUT2D eigenvalue weighted by atomic mass is 35.5. The van der Waals surface area contributed by atoms with Gasteiger partial charge in [-0.05, 0) is 18.2 Å². The van der Waals surface area contributed by atoms with Crippen molar-refractivity contribution in [2.75, 3.05) is 11.1 Å². The molecule has 9 heteroatoms. The zero-order valence-electron chi connectivity index (χ0n) is 10.9. The van der Waals surface area contributed by atoms with Gasteiger partial charge in [-0.2, -0.15) is 0 Å². The Morgan fingerprint density at radius 1 is 1.48 bits per heavy atom. The number of hydrogen-bond donors (Lipinski definition) is 2. The van der Waals surface area contributed by atoms with Gasteiger partial charge in [-0.1, -0.05) is 23.4 Å². The van der Waals surface area contributed by atoms with Gasteiger partial charge in [0.1, 0.15) is 6.33 Å². The summed E-state index contributed by atoms with van der Waals surface area (Å²) < 4.78 is 1.69. The molecule has 0 saturated carbocycles. The molecule has 0 aliphatic rings. The second-order valence-corrected chi connectivity index (χ2v) is 5.41. The van der Waals surface area contributed by atoms with Crippen LogP contribution in [0.1, 0.15) is 10.4 Å². The van der Waals surface area contributed by atoms with E-state index in [9.17, 15) is 9.59 Å². The van der Waals surface area contributed by atoms with Gasteiger partial charge in [-0.3, -0.25) is 4.79 Å². The summed E-state index contributed by atoms with van der Waals surface area (Å²) >= 11 is 7.14. The monoisotopic (exact) mass is 326 g/mol. The number of aryl methyl sites for hydroxylation is 1. The molecule has 0 unspecified atom stereocenters. The van der Waals surface area contributed by atoms with Crippen molar-refractivity contribution in [2.24, 2.45) is 7.05 Å². The summed E-state index contributed by atoms with van der Waals surface area (Å²) in [5, 5.41) is 19.9. The molecular weight excluding hydrogens is 316 g/mol. The summed E-state index contributed by atoms with van der Waals surface area (Å²) in [5.74, 6) is -1.29. The van der Waals surface area contributed by atoms with Crippen LogP contribution in [0.3, 0.4) is 0 Å². The molecule has 2 N–H and O–H groups in total. The summed E-state index contributed by atoms with van der Waals surface area (Å²) in [4.78, 5) is 22.7. The maximum absolute atomic E-state index is 11.9. The summed E-state index contributed by atoms with van der Waals surface area (Å²) in [7, 11) is 1.77. The minimum Gasteiger partial charge on any atom is -0.478 e. The molecule has 0 bridgehead atoms. The topological polar surface area (TPSA) is 97.1 Å². The molecule has 1 heterocycles. The molecule has 0 radical (unpaired) electrons. The molecule has 110 valence electrons. The SMILES string of the molecule is Cn1cnnc1SCC(=O)Nc1cc(C(=O)O)ccc1Cl. The van der Waals surface area contributed by atoms with Gasteiger partial charge in [-0.25, -0.2) is 4.79 Å². The van der Waals surface area contributed by atoms with E-state index in [0.717, 1.165) is 0 Å². The van der Waals surface area contributed by atoms with Gasteiger partial charge < -0.3 is 15.0 Å². The Balaban J connectivity index is 2.01. The molecule has 1 aromatic heterocycles. The largest absolute Gasteiger partial charge is 0.478 e. The lowest BCUT2D eigenvalue weighted by Crippen LogP contribution is -2.15. The highest BCUT2D eigenvalue weighted by Crippen LogP contribution is 2.23. The van der Waals surface area contributed by atoms with Crippen molar-refractivity contribution in [1.29, 1.82) is 0 Å². The maximum atomic E-state index is 11.9. The first-order chi connectivity index (χ1) is 9.97. The molecule has 0 atom stereocenters. The van der Waals surface area contributed by atoms with Crippen molar-refractivity contribution in [3.05, 3.63) is 35.1 Å². The summed E-state index contributed by atoms with van der Waals surface area (Å²) in [6.07, 6.45) is 1.54. The number of rotatable bonds is 5. The first-order valence-corrected chi connectivity index (χ1v) is 7.13. The van der Waals surface area contributed by atoms with E-state index in [1.165, 1.54) is 36.3 Å². The Morgan fingerprint density at radius 3 is 2.86 bits per heavy atom. The number of nitrogens with one attached hydrogen (secondary N) is 1. The van der Waals surface area contributed by atoms with Crippen LogP contribution in [-0.4, -0.2) is 37.5 Å². The Morgan fingerprint density at radius 2 is 2.24 bits per heavy atom. The zero-order chi connectivity index (χ0) is 15.4. The minimum atomic E-state index is -1.09. The normalized spacial score (nSPS) is 10.4. The van der Waals surface area contributed by atoms with Crippen LogP contribution in [0.15, 0.2) is 29.7 Å². The van der Waals surface area contributed by atoms with Crippen molar-refractivity contribution in [3.63, 3.8) is 0 Å². The van der Waals surface area contributed by atoms with E-state index in [1.54, 1.807) is 11.6 Å². The van der Waals surface area contributed by atoms with Crippen molar-refractivity contribution < 1.29 is 14.7 Å². The van der Waals surface area contributed by atoms with Crippen LogP contribution in [0.25, 0.3) is 0 Å². The molecule has 2 aromatic rings. The van der Waals surface area contributed by atoms with Gasteiger partial charge in [0.15, 0.2) is 5.16 Å². The highest BCUT2D eigenvalue weighted by Gasteiger charge is 2.11. The second kappa shape index (κ2) is 6.59. The van der Waals surface area contributed by atoms with E-state index in [1.807, 2.05) is 0 Å². The van der Waals surface area contributed by atoms with Crippen LogP contribution >= 0.6 is 23.4 Å². The van der Waals surface area contributed by atoms with Crippen molar-refractivity contribution >= 4 is 40.9 Å². The van der Waals surface area contributed by atoms with Crippen LogP contribution in [0.4, 0.5) is 5.69 Å². The number of carboxylic acid groups (broad SMARTS) is 1. The summed E-state index contributed by atoms with van der Waals surface area (Å²) in [5.41, 5.74) is 0.316. The van der Waals surface area contributed by atoms with Gasteiger partial charge in [0.2, 0.25) is 5.91 Å². The summed E-state index contributed by atoms with van der Waals surface area (Å²) in [6, 6.07) is 4.11. The number of anilines is 1. The Labute approximate surface area is 129 Å². The van der Waals surface area contributed by atoms with Gasteiger partial charge >= 0.3 is 5.97 Å². The van der Waals surface area contributed by atoms with Crippen LogP contribution in [0.5, 0.6) is 0 Å². The number of amides is 1. The van der Waals surface area contributed by atoms with E-state index in [0.29, 0.717) is 5.16 Å². The van der Waals surface area contributed by atoms with Crippen molar-refractivity contribution in [1.82, 2.24) is 14.8 Å². The number of carbonyl (C=O) groups excluding carboxylic acids is 1. The molecule has 7 nitrogen and oxygen atoms in total. The van der Waals surface area contributed by atoms with Crippen LogP contribution in [0.2, 0.25) is 5.02 Å². The molecule has 21 heavy (non-hydrogen) atoms. The average Bonchev–Trinajstić information content (AvgIpc) is 2.84. The first kappa shape index (κ1) is 15.3. The number of aromatic nitrogens is 3. The van der Waals surface area contributed by atoms with Gasteiger partial charge in [0.25, 0.3) is 0 Å². The number of benzene rings is 1. The molecule has 0 aliphatic carbocycles. The lowest BCUT2D eigenvalue weighted by Gasteiger charge is -2.08. The minimum absolute atomic E-state index is 0.0515. The molecule has 0 aliphatic heterocycles. The fourth-order valence-corrected chi connectivity index (χ4v) is 2.33. The number of hydrogen-bond acceptors (Lipinski definition) is 5. The first-order valence-electron chi connectivity index (χ1n) is 5.77. The van der Waals surface area contributed by atoms with Crippen LogP contribution in [-0.2, 0) is 11.8 Å². The fourth-order valence-electron chi connectivity index (χ4n) is 1.47. The van der Waals surface area contributed by atoms with Crippen LogP contribution < -0.4 is 5.32 Å². The molecule has 0 saturated heterocycles. The molecule has 0 fully saturated rings. The van der Waals surface area contributed by atoms with Gasteiger partial charge in [0.05, 0.1) is 22.0 Å². The lowest BCUT2D eigenvalue weighted by atomic mass is 10.2. The van der Waals surface area contributed by atoms with E-state index >= 15 is 0 Å². The molecule has 1 amide bonds. The van der Waals surface area contributed by atoms with Crippen LogP contribution in [0, 0.1) is 0 Å². The predicted molar refractivity (Wildman–Crippen MR) is 78.8 cm³/mol. The fraction of sp³-hybridized carbons (Fsp3) is 0.167. The number of nitrogens with zero attached hydrogens (tertiary/aromatic N) is 3. The summed E-state index contributed by atoms with van der Waals surface area (Å²) in [6.45, 7) is 0. The standard InChI is InChI=1S/C12H11ClN4O3S/c1-17-6-14-16-12(17)21-5-10(18)15-9-4-7(11(19)20)2-3-8(9)13/h2-4,6H,5H2,1H3,(H,15,18)(H,19,20). The highest BCUT2D eigenvalue weighted by molar-refractivity contribution is 7.99. The quantitative estimate of drug-likeness (QED) is 0.814. The number of halogens is 1. The van der Waals surface area contributed by atoms with E-state index in [2.05, 4.69) is 15.5 Å². The van der Waals surface area contributed by atoms with E-state index in [4.69, 9.17) is 16.7 Å². The average molecular weight is 327 g/mol. The molecule has 2 rings (SSSR count). The molecular formula is C12H11ClN4O3S. The van der Waals surface area contributed by atoms with Gasteiger partial charge in [0, 0.05) is 7.05 Å². The third kappa shape index (κ3) is 3.96. The van der Waals surface area contributed by atoms with E-state index < -0.39 is 5.97 Å². The Hall–Kier alpha value is -2.06. The number of thioether (sulfide) groups is 1. The smallest absolute Gasteiger partial charge is 0.335 e. The maximum Gasteiger partial charge on any atom is 0.335 e. The second-order valence-electron chi connectivity index (χ2n) is 4.06. The Bertz CT molecular complexity index is 689. The Kier molecular flexibility index (Phi) is 4.81. The van der Waals surface area contributed by atoms with Crippen molar-refractivity contribution in [3.8, 4) is 0 Å². The number of aromatic carboxylic acids is 1. The van der Waals surface area contributed by atoms with Crippen molar-refractivity contribution in [2.45, 2.75) is 5.16 Å². The third-order valence-electron chi connectivity index (χ3n) is 2.49. The zero-order valence-corrected chi connectivity index (χ0v) is 12.5. The molecule has 0 spiro atoms. The third-order valence-corrected chi connectivity index (χ3v) is 3.85.